The second-order valence-corrected chi connectivity index (χ2v) is 18.5. The summed E-state index contributed by atoms with van der Waals surface area (Å²) in [5, 5.41) is 93.3. The molecule has 1 aromatic heterocycles. The Balaban J connectivity index is 1.15. The van der Waals surface area contributed by atoms with Crippen LogP contribution in [0.3, 0.4) is 0 Å². The predicted octanol–water partition coefficient (Wildman–Crippen LogP) is 8.51. The van der Waals surface area contributed by atoms with Gasteiger partial charge in [-0.3, -0.25) is 0 Å². The summed E-state index contributed by atoms with van der Waals surface area (Å²) in [6.45, 7) is 3.39. The summed E-state index contributed by atoms with van der Waals surface area (Å²) in [4.78, 5) is 11.7. The molecule has 8 atom stereocenters. The zero-order valence-corrected chi connectivity index (χ0v) is 38.3. The van der Waals surface area contributed by atoms with E-state index < -0.39 is 54.8 Å². The van der Waals surface area contributed by atoms with Gasteiger partial charge in [-0.15, -0.1) is 0 Å². The van der Waals surface area contributed by atoms with Crippen molar-refractivity contribution >= 4 is 27.8 Å². The van der Waals surface area contributed by atoms with Crippen LogP contribution in [0.25, 0.3) is 49.7 Å². The lowest BCUT2D eigenvalue weighted by molar-refractivity contribution is 0.0696. The maximum atomic E-state index is 11.7. The zero-order chi connectivity index (χ0) is 47.3. The zero-order valence-electron chi connectivity index (χ0n) is 38.3. The molecule has 0 spiro atoms. The molecule has 0 amide bonds. The smallest absolute Gasteiger partial charge is 0.335 e. The first kappa shape index (κ1) is 50.5. The number of hydrogen-bond acceptors (Lipinski definition) is 9. The summed E-state index contributed by atoms with van der Waals surface area (Å²) in [6.07, 6.45) is 1.98. The molecule has 11 heteroatoms. The maximum Gasteiger partial charge on any atom is 0.335 e. The number of aromatic carboxylic acids is 1. The van der Waals surface area contributed by atoms with E-state index in [9.17, 15) is 50.8 Å². The number of hydrogen-bond donors (Lipinski definition) is 9. The molecular weight excluding hydrogens is 835 g/mol. The summed E-state index contributed by atoms with van der Waals surface area (Å²) in [5.74, 6) is -0.988. The van der Waals surface area contributed by atoms with Crippen molar-refractivity contribution in [1.29, 1.82) is 0 Å². The molecule has 9 N–H and O–H groups in total. The molecule has 11 nitrogen and oxygen atoms in total. The summed E-state index contributed by atoms with van der Waals surface area (Å²) in [7, 11) is 0. The molecule has 0 saturated carbocycles. The van der Waals surface area contributed by atoms with E-state index in [1.807, 2.05) is 36.4 Å². The Hall–Kier alpha value is -4.95. The second kappa shape index (κ2) is 24.2. The van der Waals surface area contributed by atoms with Gasteiger partial charge < -0.3 is 50.5 Å². The number of carboxylic acid groups (broad SMARTS) is 1. The van der Waals surface area contributed by atoms with Crippen molar-refractivity contribution in [3.63, 3.8) is 0 Å². The number of aliphatic hydroxyl groups excluding tert-OH is 8. The van der Waals surface area contributed by atoms with E-state index in [2.05, 4.69) is 65.2 Å². The molecule has 0 bridgehead atoms. The molecule has 0 radical (unpaired) electrons. The van der Waals surface area contributed by atoms with Crippen LogP contribution >= 0.6 is 0 Å². The number of benzene rings is 5. The van der Waals surface area contributed by atoms with Gasteiger partial charge in [-0.1, -0.05) is 60.7 Å². The highest BCUT2D eigenvalue weighted by Gasteiger charge is 2.18. The van der Waals surface area contributed by atoms with Crippen molar-refractivity contribution < 1.29 is 50.8 Å². The lowest BCUT2D eigenvalue weighted by Crippen LogP contribution is -2.18. The van der Waals surface area contributed by atoms with Gasteiger partial charge in [-0.05, 0) is 186 Å². The van der Waals surface area contributed by atoms with Crippen molar-refractivity contribution in [3.05, 3.63) is 126 Å². The number of carboxylic acids is 1. The van der Waals surface area contributed by atoms with E-state index in [4.69, 9.17) is 0 Å². The van der Waals surface area contributed by atoms with Gasteiger partial charge in [0, 0.05) is 16.5 Å². The number of fused-ring (bicyclic) bond motifs is 3. The molecule has 0 aliphatic heterocycles. The first-order valence-electron chi connectivity index (χ1n) is 23.7. The van der Waals surface area contributed by atoms with Gasteiger partial charge in [0.25, 0.3) is 0 Å². The third kappa shape index (κ3) is 14.5. The van der Waals surface area contributed by atoms with Crippen LogP contribution in [0.4, 0.5) is 0 Å². The van der Waals surface area contributed by atoms with Crippen LogP contribution in [0.1, 0.15) is 112 Å². The number of rotatable bonds is 26. The topological polar surface area (TPSA) is 204 Å². The largest absolute Gasteiger partial charge is 0.478 e. The van der Waals surface area contributed by atoms with Crippen molar-refractivity contribution in [3.8, 4) is 27.9 Å². The van der Waals surface area contributed by atoms with Gasteiger partial charge in [-0.25, -0.2) is 4.79 Å². The van der Waals surface area contributed by atoms with Gasteiger partial charge in [0.1, 0.15) is 0 Å². The van der Waals surface area contributed by atoms with Crippen LogP contribution in [0.15, 0.2) is 109 Å². The van der Waals surface area contributed by atoms with Crippen LogP contribution in [0.2, 0.25) is 0 Å². The Kier molecular flexibility index (Phi) is 18.5. The molecule has 1 heterocycles. The lowest BCUT2D eigenvalue weighted by atomic mass is 9.96. The highest BCUT2D eigenvalue weighted by atomic mass is 16.4. The third-order valence-corrected chi connectivity index (χ3v) is 12.8. The number of aromatic nitrogens is 1. The molecule has 354 valence electrons. The summed E-state index contributed by atoms with van der Waals surface area (Å²) < 4.78 is 2.15. The molecule has 6 aromatic rings. The minimum Gasteiger partial charge on any atom is -0.478 e. The molecule has 5 aromatic carbocycles. The minimum atomic E-state index is -0.988. The number of nitrogens with zero attached hydrogens (tertiary/aromatic N) is 1. The van der Waals surface area contributed by atoms with E-state index in [1.54, 1.807) is 26.0 Å². The van der Waals surface area contributed by atoms with Crippen molar-refractivity contribution in [2.45, 2.75) is 153 Å². The Morgan fingerprint density at radius 2 is 0.727 bits per heavy atom. The standard InChI is InChI=1S/C55H69NO10/c1-35(57)3-19-45(59)21-23-47(61)25-27-49(63)31-37-5-9-39(10-6-37)42-15-29-53-51(33-42)52-34-43(16-30-54(52)56(53)44-17-13-41(14-18-44)55(65)66)40-11-7-38(8-12-40)32-50(64)28-26-48(62)24-22-46(60)20-4-36(2)58/h5-18,29-30,33-36,45-50,57-64H,3-4,19-28,31-32H2,1-2H3,(H,65,66). The Morgan fingerprint density at radius 3 is 1.06 bits per heavy atom. The van der Waals surface area contributed by atoms with E-state index in [0.717, 1.165) is 60.9 Å². The average Bonchev–Trinajstić information content (AvgIpc) is 3.63. The van der Waals surface area contributed by atoms with Crippen molar-refractivity contribution in [2.75, 3.05) is 0 Å². The number of aliphatic hydroxyl groups is 8. The van der Waals surface area contributed by atoms with Gasteiger partial charge in [0.15, 0.2) is 0 Å². The van der Waals surface area contributed by atoms with Crippen molar-refractivity contribution in [1.82, 2.24) is 4.57 Å². The Labute approximate surface area is 388 Å². The van der Waals surface area contributed by atoms with Crippen molar-refractivity contribution in [2.24, 2.45) is 0 Å². The third-order valence-electron chi connectivity index (χ3n) is 12.8. The predicted molar refractivity (Wildman–Crippen MR) is 261 cm³/mol. The molecule has 8 unspecified atom stereocenters. The molecular formula is C55H69NO10. The van der Waals surface area contributed by atoms with Crippen LogP contribution in [-0.2, 0) is 12.8 Å². The molecule has 0 saturated heterocycles. The fourth-order valence-electron chi connectivity index (χ4n) is 8.81. The summed E-state index contributed by atoms with van der Waals surface area (Å²) >= 11 is 0. The fourth-order valence-corrected chi connectivity index (χ4v) is 8.81. The quantitative estimate of drug-likeness (QED) is 0.0254. The monoisotopic (exact) mass is 903 g/mol. The Morgan fingerprint density at radius 1 is 0.409 bits per heavy atom. The normalized spacial score (nSPS) is 15.6. The second-order valence-electron chi connectivity index (χ2n) is 18.5. The lowest BCUT2D eigenvalue weighted by Gasteiger charge is -2.17. The first-order chi connectivity index (χ1) is 31.6. The van der Waals surface area contributed by atoms with Gasteiger partial charge in [-0.2, -0.15) is 0 Å². The minimum absolute atomic E-state index is 0.208. The van der Waals surface area contributed by atoms with Gasteiger partial charge in [0.05, 0.1) is 65.4 Å². The highest BCUT2D eigenvalue weighted by Crippen LogP contribution is 2.37. The van der Waals surface area contributed by atoms with Gasteiger partial charge >= 0.3 is 5.97 Å². The SMILES string of the molecule is CC(O)CCC(O)CCC(O)CCC(O)Cc1ccc(-c2ccc3c(c2)c2cc(-c4ccc(CC(O)CCC(O)CCC(O)CCC(C)O)cc4)ccc2n3-c2ccc(C(=O)O)cc2)cc1. The van der Waals surface area contributed by atoms with E-state index in [0.29, 0.717) is 89.9 Å². The van der Waals surface area contributed by atoms with E-state index in [1.165, 1.54) is 0 Å². The first-order valence-corrected chi connectivity index (χ1v) is 23.7. The van der Waals surface area contributed by atoms with Crippen LogP contribution in [0.5, 0.6) is 0 Å². The van der Waals surface area contributed by atoms with Crippen LogP contribution < -0.4 is 0 Å². The number of carbonyl (C=O) groups is 1. The molecule has 66 heavy (non-hydrogen) atoms. The molecule has 0 aliphatic carbocycles. The van der Waals surface area contributed by atoms with Crippen LogP contribution in [0, 0.1) is 0 Å². The summed E-state index contributed by atoms with van der Waals surface area (Å²) in [5.41, 5.74) is 8.99. The van der Waals surface area contributed by atoms with E-state index >= 15 is 0 Å². The average molecular weight is 904 g/mol. The molecule has 0 aliphatic rings. The van der Waals surface area contributed by atoms with Gasteiger partial charge in [0.2, 0.25) is 0 Å². The molecule has 0 fully saturated rings. The maximum absolute atomic E-state index is 11.7. The fraction of sp³-hybridized carbons (Fsp3) is 0.436. The summed E-state index contributed by atoms with van der Waals surface area (Å²) in [6, 6.07) is 35.9. The highest BCUT2D eigenvalue weighted by molar-refractivity contribution is 6.11. The Bertz CT molecular complexity index is 2290. The van der Waals surface area contributed by atoms with E-state index in [-0.39, 0.29) is 5.56 Å². The van der Waals surface area contributed by atoms with Crippen LogP contribution in [-0.4, -0.2) is 105 Å². The molecule has 6 rings (SSSR count).